The fraction of sp³-hybridized carbons (Fsp3) is 0.885. The van der Waals surface area contributed by atoms with Crippen LogP contribution >= 0.6 is 0 Å². The maximum Gasteiger partial charge on any atom is 0.306 e. The molecule has 32 heavy (non-hydrogen) atoms. The molecule has 11 atom stereocenters. The first-order chi connectivity index (χ1) is 15.2. The van der Waals surface area contributed by atoms with Crippen molar-refractivity contribution in [1.82, 2.24) is 0 Å². The molecule has 6 heteroatoms. The first kappa shape index (κ1) is 21.1. The number of ether oxygens (including phenoxy) is 2. The molecule has 2 spiro atoms. The van der Waals surface area contributed by atoms with E-state index in [-0.39, 0.29) is 46.8 Å². The first-order valence-electron chi connectivity index (χ1n) is 12.7. The molecule has 10 unspecified atom stereocenters. The van der Waals surface area contributed by atoms with Crippen LogP contribution < -0.4 is 0 Å². The van der Waals surface area contributed by atoms with E-state index >= 15 is 0 Å². The Labute approximate surface area is 189 Å². The molecule has 0 aromatic heterocycles. The lowest BCUT2D eigenvalue weighted by atomic mass is 9.54. The van der Waals surface area contributed by atoms with E-state index in [9.17, 15) is 19.5 Å². The third kappa shape index (κ3) is 2.33. The van der Waals surface area contributed by atoms with Crippen LogP contribution in [0.1, 0.15) is 72.1 Å². The maximum atomic E-state index is 13.0. The summed E-state index contributed by atoms with van der Waals surface area (Å²) in [6.07, 6.45) is 7.89. The van der Waals surface area contributed by atoms with Crippen molar-refractivity contribution < 1.29 is 29.0 Å². The number of hydrogen-bond donors (Lipinski definition) is 1. The van der Waals surface area contributed by atoms with E-state index in [0.717, 1.165) is 51.4 Å². The summed E-state index contributed by atoms with van der Waals surface area (Å²) in [5, 5.41) is 9.68. The maximum absolute atomic E-state index is 13.0. The van der Waals surface area contributed by atoms with Gasteiger partial charge in [0, 0.05) is 18.3 Å². The zero-order valence-corrected chi connectivity index (χ0v) is 19.5. The molecule has 2 saturated heterocycles. The third-order valence-electron chi connectivity index (χ3n) is 11.6. The molecule has 2 aliphatic heterocycles. The summed E-state index contributed by atoms with van der Waals surface area (Å²) in [6.45, 7) is 5.94. The summed E-state index contributed by atoms with van der Waals surface area (Å²) in [5.74, 6) is 1.33. The van der Waals surface area contributed by atoms with Gasteiger partial charge in [0.2, 0.25) is 0 Å². The minimum absolute atomic E-state index is 0.0185. The van der Waals surface area contributed by atoms with Crippen LogP contribution in [-0.2, 0) is 23.9 Å². The van der Waals surface area contributed by atoms with Gasteiger partial charge in [0.05, 0.1) is 17.6 Å². The number of rotatable bonds is 4. The molecule has 6 fully saturated rings. The second kappa shape index (κ2) is 6.58. The largest absolute Gasteiger partial charge is 0.481 e. The predicted molar refractivity (Wildman–Crippen MR) is 114 cm³/mol. The Morgan fingerprint density at radius 3 is 2.53 bits per heavy atom. The Bertz CT molecular complexity index is 884. The zero-order chi connectivity index (χ0) is 22.6. The first-order valence-corrected chi connectivity index (χ1v) is 12.7. The topological polar surface area (TPSA) is 89.9 Å². The van der Waals surface area contributed by atoms with Crippen molar-refractivity contribution in [1.29, 1.82) is 0 Å². The highest BCUT2D eigenvalue weighted by molar-refractivity contribution is 5.85. The quantitative estimate of drug-likeness (QED) is 0.663. The van der Waals surface area contributed by atoms with Gasteiger partial charge >= 0.3 is 11.9 Å². The van der Waals surface area contributed by atoms with Crippen LogP contribution in [0.15, 0.2) is 0 Å². The van der Waals surface area contributed by atoms with E-state index in [2.05, 4.69) is 13.8 Å². The second-order valence-electron chi connectivity index (χ2n) is 12.2. The minimum atomic E-state index is -0.640. The van der Waals surface area contributed by atoms with Gasteiger partial charge in [-0.2, -0.15) is 0 Å². The van der Waals surface area contributed by atoms with E-state index in [1.54, 1.807) is 0 Å². The van der Waals surface area contributed by atoms with Crippen molar-refractivity contribution in [2.75, 3.05) is 6.61 Å². The van der Waals surface area contributed by atoms with Crippen LogP contribution in [0.2, 0.25) is 0 Å². The number of fused-ring (bicyclic) bond motifs is 5. The molecule has 4 saturated carbocycles. The zero-order valence-electron chi connectivity index (χ0n) is 19.5. The van der Waals surface area contributed by atoms with E-state index in [0.29, 0.717) is 29.6 Å². The number of hydrogen-bond acceptors (Lipinski definition) is 5. The molecule has 0 aromatic rings. The molecule has 6 rings (SSSR count). The van der Waals surface area contributed by atoms with Gasteiger partial charge in [-0.1, -0.05) is 13.8 Å². The summed E-state index contributed by atoms with van der Waals surface area (Å²) in [6, 6.07) is 0. The summed E-state index contributed by atoms with van der Waals surface area (Å²) < 4.78 is 12.0. The predicted octanol–water partition coefficient (Wildman–Crippen LogP) is 3.86. The molecule has 1 N–H and O–H groups in total. The third-order valence-corrected chi connectivity index (χ3v) is 11.6. The molecule has 176 valence electrons. The smallest absolute Gasteiger partial charge is 0.306 e. The number of carbonyl (C=O) groups is 3. The summed E-state index contributed by atoms with van der Waals surface area (Å²) in [4.78, 5) is 36.0. The number of carboxylic acid groups (broad SMARTS) is 1. The van der Waals surface area contributed by atoms with Crippen LogP contribution in [0.25, 0.3) is 0 Å². The van der Waals surface area contributed by atoms with Gasteiger partial charge in [0.25, 0.3) is 0 Å². The minimum Gasteiger partial charge on any atom is -0.481 e. The van der Waals surface area contributed by atoms with E-state index in [1.165, 1.54) is 6.92 Å². The highest BCUT2D eigenvalue weighted by Gasteiger charge is 2.88. The lowest BCUT2D eigenvalue weighted by Crippen LogP contribution is -2.52. The van der Waals surface area contributed by atoms with Crippen molar-refractivity contribution in [2.45, 2.75) is 83.8 Å². The number of carboxylic acids is 1. The van der Waals surface area contributed by atoms with Gasteiger partial charge < -0.3 is 14.6 Å². The Balaban J connectivity index is 1.28. The second-order valence-corrected chi connectivity index (χ2v) is 12.2. The highest BCUT2D eigenvalue weighted by atomic mass is 16.5. The lowest BCUT2D eigenvalue weighted by molar-refractivity contribution is -0.166. The van der Waals surface area contributed by atoms with Crippen molar-refractivity contribution >= 4 is 17.7 Å². The van der Waals surface area contributed by atoms with E-state index in [4.69, 9.17) is 9.47 Å². The van der Waals surface area contributed by atoms with Gasteiger partial charge in [0.1, 0.15) is 6.61 Å². The molecule has 4 aliphatic carbocycles. The number of ketones is 1. The van der Waals surface area contributed by atoms with Crippen molar-refractivity contribution in [3.8, 4) is 0 Å². The molecule has 2 heterocycles. The molecule has 6 nitrogen and oxygen atoms in total. The summed E-state index contributed by atoms with van der Waals surface area (Å²) in [5.41, 5.74) is 0.127. The molecule has 2 bridgehead atoms. The Hall–Kier alpha value is -1.43. The van der Waals surface area contributed by atoms with Gasteiger partial charge in [-0.3, -0.25) is 14.4 Å². The van der Waals surface area contributed by atoms with Crippen molar-refractivity contribution in [3.05, 3.63) is 0 Å². The van der Waals surface area contributed by atoms with Crippen molar-refractivity contribution in [3.63, 3.8) is 0 Å². The van der Waals surface area contributed by atoms with Crippen LogP contribution in [0.4, 0.5) is 0 Å². The number of carbonyl (C=O) groups excluding carboxylic acids is 2. The van der Waals surface area contributed by atoms with Gasteiger partial charge in [-0.05, 0) is 86.4 Å². The normalized spacial score (nSPS) is 54.6. The molecular weight excluding hydrogens is 408 g/mol. The molecule has 6 aliphatic rings. The number of aliphatic carboxylic acids is 1. The molecule has 0 aromatic carbocycles. The monoisotopic (exact) mass is 444 g/mol. The number of Topliss-reactive ketones (excluding diaryl/α,β-unsaturated/α-hetero) is 1. The van der Waals surface area contributed by atoms with Crippen LogP contribution in [0.5, 0.6) is 0 Å². The van der Waals surface area contributed by atoms with E-state index < -0.39 is 11.9 Å². The standard InChI is InChI=1S/C26H36O6/c1-13-25-9-6-15(23(29)30)10-20(25)22-11-16-17-4-5-19(21(28)12-31-14(2)27)24(17,3)8-7-18(16)26(13,25)32-22/h13,15-20,22H,4-12H2,1-3H3,(H,29,30)/t13-,15?,16?,17?,18?,19?,20?,22?,24?,25?,26?/m1/s1. The fourth-order valence-electron chi connectivity index (χ4n) is 10.5. The van der Waals surface area contributed by atoms with Crippen LogP contribution in [0.3, 0.4) is 0 Å². The van der Waals surface area contributed by atoms with Crippen molar-refractivity contribution in [2.24, 2.45) is 52.3 Å². The average molecular weight is 445 g/mol. The average Bonchev–Trinajstić information content (AvgIpc) is 3.03. The molecular formula is C26H36O6. The van der Waals surface area contributed by atoms with E-state index in [1.807, 2.05) is 0 Å². The number of esters is 1. The SMILES string of the molecule is CC(=O)OCC(=O)C1CCC2C3CC4OC5(C3CCC12C)[C@H](C)C51CCC(C(=O)O)CC41. The Kier molecular flexibility index (Phi) is 4.34. The molecule has 0 radical (unpaired) electrons. The Morgan fingerprint density at radius 1 is 1.03 bits per heavy atom. The van der Waals surface area contributed by atoms with Gasteiger partial charge in [0.15, 0.2) is 5.78 Å². The fourth-order valence-corrected chi connectivity index (χ4v) is 10.5. The Morgan fingerprint density at radius 2 is 1.81 bits per heavy atom. The summed E-state index contributed by atoms with van der Waals surface area (Å²) in [7, 11) is 0. The van der Waals surface area contributed by atoms with Crippen LogP contribution in [0, 0.1) is 52.3 Å². The van der Waals surface area contributed by atoms with Gasteiger partial charge in [-0.15, -0.1) is 0 Å². The summed E-state index contributed by atoms with van der Waals surface area (Å²) >= 11 is 0. The lowest BCUT2D eigenvalue weighted by Gasteiger charge is -2.53. The van der Waals surface area contributed by atoms with Crippen LogP contribution in [-0.4, -0.2) is 41.1 Å². The highest BCUT2D eigenvalue weighted by Crippen LogP contribution is 2.85. The molecule has 0 amide bonds. The van der Waals surface area contributed by atoms with Gasteiger partial charge in [-0.25, -0.2) is 0 Å².